The van der Waals surface area contributed by atoms with Crippen LogP contribution in [0, 0.1) is 105 Å². The molecule has 0 aromatic heterocycles. The van der Waals surface area contributed by atoms with Gasteiger partial charge in [-0.3, -0.25) is 0 Å². The van der Waals surface area contributed by atoms with Crippen LogP contribution in [0.4, 0.5) is 0 Å². The van der Waals surface area contributed by atoms with Crippen LogP contribution in [0.3, 0.4) is 0 Å². The molecule has 19 atom stereocenters. The zero-order valence-electron chi connectivity index (χ0n) is 27.6. The van der Waals surface area contributed by atoms with E-state index in [1.807, 2.05) is 0 Å². The van der Waals surface area contributed by atoms with Gasteiger partial charge < -0.3 is 0 Å². The van der Waals surface area contributed by atoms with Crippen LogP contribution in [0.5, 0.6) is 0 Å². The predicted octanol–water partition coefficient (Wildman–Crippen LogP) is 9.73. The Morgan fingerprint density at radius 1 is 0.351 bits per heavy atom. The monoisotopic (exact) mass is 502 g/mol. The van der Waals surface area contributed by atoms with Crippen molar-refractivity contribution in [3.8, 4) is 0 Å². The maximum atomic E-state index is 2.87. The molecule has 0 saturated heterocycles. The van der Waals surface area contributed by atoms with Crippen LogP contribution in [-0.2, 0) is 0 Å². The molecule has 0 aliphatic heterocycles. The van der Waals surface area contributed by atoms with E-state index in [4.69, 9.17) is 0 Å². The van der Waals surface area contributed by atoms with Gasteiger partial charge in [-0.25, -0.2) is 0 Å². The minimum atomic E-state index is 0.386. The fraction of sp³-hybridized carbons (Fsp3) is 1.00. The van der Waals surface area contributed by atoms with Crippen molar-refractivity contribution in [2.24, 2.45) is 105 Å². The van der Waals surface area contributed by atoms with Gasteiger partial charge in [-0.05, 0) is 112 Å². The molecule has 10 fully saturated rings. The zero-order valence-corrected chi connectivity index (χ0v) is 27.6. The standard InChI is InChI=1S/C37H58/c1-19-22-18-24(4)25(19,5)29(9)28(24,8)32(12)33(29,13)37(17)35(15)31(11)27(7)21(3)23(22)20(2)26(27,6)30(31,10)34(35,14)36(32,37)16/h19-23H,18H2,1-17H3. The van der Waals surface area contributed by atoms with Crippen molar-refractivity contribution in [1.29, 1.82) is 0 Å². The van der Waals surface area contributed by atoms with E-state index >= 15 is 0 Å². The maximum Gasteiger partial charge on any atom is -0.0130 e. The van der Waals surface area contributed by atoms with Gasteiger partial charge >= 0.3 is 0 Å². The first-order valence-electron chi connectivity index (χ1n) is 16.4. The van der Waals surface area contributed by atoms with Gasteiger partial charge in [0.15, 0.2) is 0 Å². The molecule has 10 aliphatic rings. The minimum Gasteiger partial charge on any atom is -0.0617 e. The zero-order chi connectivity index (χ0) is 27.6. The molecule has 0 nitrogen and oxygen atoms in total. The van der Waals surface area contributed by atoms with E-state index in [0.717, 1.165) is 29.6 Å². The van der Waals surface area contributed by atoms with Crippen molar-refractivity contribution in [3.05, 3.63) is 0 Å². The van der Waals surface area contributed by atoms with Crippen LogP contribution in [-0.4, -0.2) is 0 Å². The molecular weight excluding hydrogens is 444 g/mol. The molecule has 206 valence electrons. The normalized spacial score (nSPS) is 89.3. The van der Waals surface area contributed by atoms with Gasteiger partial charge in [0.1, 0.15) is 0 Å². The lowest BCUT2D eigenvalue weighted by Crippen LogP contribution is -3.18. The summed E-state index contributed by atoms with van der Waals surface area (Å²) in [6.45, 7) is 48.3. The number of hydrogen-bond donors (Lipinski definition) is 0. The van der Waals surface area contributed by atoms with Crippen LogP contribution in [0.1, 0.15) is 124 Å². The SMILES string of the molecule is CC1C2C3CC4(C)C(C)(C3C)C3(C)C4(C)C4(C)C3(C)C3(C)C5(C)C6(C)C(C)(C2C)C1(C)C6(C)C5(C)C43C. The second kappa shape index (κ2) is 4.41. The van der Waals surface area contributed by atoms with Gasteiger partial charge in [0, 0.05) is 0 Å². The molecule has 0 N–H and O–H groups in total. The summed E-state index contributed by atoms with van der Waals surface area (Å²) in [5.74, 6) is 4.19. The quantitative estimate of drug-likeness (QED) is 0.309. The third-order valence-electron chi connectivity index (χ3n) is 25.1. The highest BCUT2D eigenvalue weighted by Crippen LogP contribution is 3.24. The molecule has 10 rings (SSSR count). The Morgan fingerprint density at radius 2 is 0.649 bits per heavy atom. The van der Waals surface area contributed by atoms with E-state index in [2.05, 4.69) is 118 Å². The van der Waals surface area contributed by atoms with Gasteiger partial charge in [-0.1, -0.05) is 118 Å². The van der Waals surface area contributed by atoms with Crippen molar-refractivity contribution < 1.29 is 0 Å². The third kappa shape index (κ3) is 0.944. The lowest BCUT2D eigenvalue weighted by Gasteiger charge is -3.21. The summed E-state index contributed by atoms with van der Waals surface area (Å²) in [7, 11) is 0. The molecule has 0 amide bonds. The molecule has 0 radical (unpaired) electrons. The van der Waals surface area contributed by atoms with E-state index in [1.54, 1.807) is 0 Å². The van der Waals surface area contributed by atoms with Gasteiger partial charge in [0.25, 0.3) is 0 Å². The summed E-state index contributed by atoms with van der Waals surface area (Å²) in [5, 5.41) is 0. The topological polar surface area (TPSA) is 0 Å². The Bertz CT molecular complexity index is 1300. The number of hydrogen-bond acceptors (Lipinski definition) is 0. The van der Waals surface area contributed by atoms with E-state index in [-0.39, 0.29) is 0 Å². The highest BCUT2D eigenvalue weighted by molar-refractivity contribution is 5.67. The molecule has 0 aromatic carbocycles. The minimum absolute atomic E-state index is 0.386. The summed E-state index contributed by atoms with van der Waals surface area (Å²) < 4.78 is 0. The summed E-state index contributed by atoms with van der Waals surface area (Å²) >= 11 is 0. The van der Waals surface area contributed by atoms with Gasteiger partial charge in [-0.15, -0.1) is 0 Å². The van der Waals surface area contributed by atoms with E-state index in [9.17, 15) is 0 Å². The van der Waals surface area contributed by atoms with E-state index in [1.165, 1.54) is 6.42 Å². The number of rotatable bonds is 0. The van der Waals surface area contributed by atoms with Gasteiger partial charge in [0.05, 0.1) is 0 Å². The summed E-state index contributed by atoms with van der Waals surface area (Å²) in [6, 6.07) is 0. The van der Waals surface area contributed by atoms with Crippen molar-refractivity contribution >= 4 is 0 Å². The van der Waals surface area contributed by atoms with Crippen LogP contribution in [0.2, 0.25) is 0 Å². The van der Waals surface area contributed by atoms with Crippen LogP contribution >= 0.6 is 0 Å². The Labute approximate surface area is 229 Å². The average Bonchev–Trinajstić information content (AvgIpc) is 3.14. The lowest BCUT2D eigenvalue weighted by atomic mass is 8.82. The average molecular weight is 503 g/mol. The second-order valence-corrected chi connectivity index (χ2v) is 20.0. The molecule has 0 aromatic rings. The van der Waals surface area contributed by atoms with Crippen molar-refractivity contribution in [1.82, 2.24) is 0 Å². The van der Waals surface area contributed by atoms with Crippen LogP contribution < -0.4 is 0 Å². The summed E-state index contributed by atoms with van der Waals surface area (Å²) in [6.07, 6.45) is 1.49. The molecule has 6 bridgehead atoms. The smallest absolute Gasteiger partial charge is 0.0130 e. The van der Waals surface area contributed by atoms with Gasteiger partial charge in [-0.2, -0.15) is 0 Å². The van der Waals surface area contributed by atoms with Crippen LogP contribution in [0.25, 0.3) is 0 Å². The Morgan fingerprint density at radius 3 is 1.03 bits per heavy atom. The van der Waals surface area contributed by atoms with E-state index in [0.29, 0.717) is 75.8 Å². The molecule has 37 heavy (non-hydrogen) atoms. The highest BCUT2D eigenvalue weighted by Gasteiger charge is 3.21. The van der Waals surface area contributed by atoms with Crippen molar-refractivity contribution in [3.63, 3.8) is 0 Å². The molecule has 10 aliphatic carbocycles. The Kier molecular flexibility index (Phi) is 2.82. The largest absolute Gasteiger partial charge is 0.0617 e. The molecule has 0 spiro atoms. The Hall–Kier alpha value is 0. The van der Waals surface area contributed by atoms with E-state index < -0.39 is 0 Å². The fourth-order valence-electron chi connectivity index (χ4n) is 23.7. The predicted molar refractivity (Wildman–Crippen MR) is 153 cm³/mol. The molecule has 0 heteroatoms. The molecule has 19 unspecified atom stereocenters. The van der Waals surface area contributed by atoms with Crippen molar-refractivity contribution in [2.45, 2.75) is 124 Å². The summed E-state index contributed by atoms with van der Waals surface area (Å²) in [5.41, 5.74) is 5.71. The molecule has 10 saturated carbocycles. The maximum absolute atomic E-state index is 2.87. The van der Waals surface area contributed by atoms with Crippen LogP contribution in [0.15, 0.2) is 0 Å². The summed E-state index contributed by atoms with van der Waals surface area (Å²) in [4.78, 5) is 0. The Balaban J connectivity index is 1.50. The first-order chi connectivity index (χ1) is 16.4. The third-order valence-corrected chi connectivity index (χ3v) is 25.1. The first kappa shape index (κ1) is 23.7. The second-order valence-electron chi connectivity index (χ2n) is 20.0. The fourth-order valence-corrected chi connectivity index (χ4v) is 23.7. The van der Waals surface area contributed by atoms with Gasteiger partial charge in [0.2, 0.25) is 0 Å². The van der Waals surface area contributed by atoms with Crippen molar-refractivity contribution in [2.75, 3.05) is 0 Å². The lowest BCUT2D eigenvalue weighted by molar-refractivity contribution is -0.750. The first-order valence-corrected chi connectivity index (χ1v) is 16.4. The molecular formula is C37H58. The molecule has 0 heterocycles. The highest BCUT2D eigenvalue weighted by atomic mass is 15.2.